The molecule has 1 saturated carbocycles. The molecule has 0 radical (unpaired) electrons. The van der Waals surface area contributed by atoms with Crippen LogP contribution in [0.15, 0.2) is 12.4 Å². The molecule has 102 valence electrons. The Hall–Kier alpha value is -0.870. The molecule has 4 nitrogen and oxygen atoms in total. The van der Waals surface area contributed by atoms with Crippen molar-refractivity contribution in [3.8, 4) is 0 Å². The Morgan fingerprint density at radius 2 is 2.28 bits per heavy atom. The molecule has 0 aliphatic heterocycles. The van der Waals surface area contributed by atoms with Crippen LogP contribution in [0, 0.1) is 5.92 Å². The van der Waals surface area contributed by atoms with E-state index in [2.05, 4.69) is 16.5 Å². The van der Waals surface area contributed by atoms with Crippen molar-refractivity contribution in [1.29, 1.82) is 0 Å². The molecule has 0 amide bonds. The molecule has 0 saturated heterocycles. The fraction of sp³-hybridized carbons (Fsp3) is 0.786. The van der Waals surface area contributed by atoms with Gasteiger partial charge in [-0.25, -0.2) is 4.98 Å². The number of aliphatic hydroxyl groups is 1. The maximum atomic E-state index is 10.2. The molecule has 0 bridgehead atoms. The van der Waals surface area contributed by atoms with Crippen LogP contribution in [0.3, 0.4) is 0 Å². The number of aliphatic hydroxyl groups excluding tert-OH is 1. The molecule has 1 aromatic rings. The largest absolute Gasteiger partial charge is 0.385 e. The highest BCUT2D eigenvalue weighted by atomic mass is 16.5. The molecule has 0 spiro atoms. The number of aryl methyl sites for hydroxylation is 1. The van der Waals surface area contributed by atoms with E-state index in [4.69, 9.17) is 4.74 Å². The minimum atomic E-state index is -0.431. The highest BCUT2D eigenvalue weighted by Crippen LogP contribution is 2.36. The fourth-order valence-corrected chi connectivity index (χ4v) is 2.71. The molecule has 1 unspecified atom stereocenters. The molecule has 1 aliphatic rings. The number of nitrogens with zero attached hydrogens (tertiary/aromatic N) is 2. The van der Waals surface area contributed by atoms with Crippen molar-refractivity contribution in [1.82, 2.24) is 9.55 Å². The van der Waals surface area contributed by atoms with Crippen LogP contribution in [-0.4, -0.2) is 27.4 Å². The van der Waals surface area contributed by atoms with Crippen molar-refractivity contribution in [2.45, 2.75) is 58.3 Å². The van der Waals surface area contributed by atoms with Crippen molar-refractivity contribution in [2.24, 2.45) is 5.92 Å². The Kier molecular flexibility index (Phi) is 4.78. The van der Waals surface area contributed by atoms with Gasteiger partial charge in [-0.2, -0.15) is 0 Å². The molecule has 1 heterocycles. The predicted molar refractivity (Wildman–Crippen MR) is 70.2 cm³/mol. The fourth-order valence-electron chi connectivity index (χ4n) is 2.71. The molecule has 4 heteroatoms. The minimum absolute atomic E-state index is 0.419. The second-order valence-corrected chi connectivity index (χ2v) is 5.15. The molecule has 1 aliphatic carbocycles. The monoisotopic (exact) mass is 252 g/mol. The van der Waals surface area contributed by atoms with Gasteiger partial charge >= 0.3 is 0 Å². The normalized spacial score (nSPS) is 24.8. The summed E-state index contributed by atoms with van der Waals surface area (Å²) in [4.78, 5) is 4.28. The Morgan fingerprint density at radius 3 is 2.94 bits per heavy atom. The quantitative estimate of drug-likeness (QED) is 0.811. The summed E-state index contributed by atoms with van der Waals surface area (Å²) < 4.78 is 7.60. The van der Waals surface area contributed by atoms with E-state index < -0.39 is 6.10 Å². The van der Waals surface area contributed by atoms with Crippen molar-refractivity contribution in [3.05, 3.63) is 18.2 Å². The second-order valence-electron chi connectivity index (χ2n) is 5.15. The third kappa shape index (κ3) is 3.12. The number of hydrogen-bond acceptors (Lipinski definition) is 3. The molecule has 1 N–H and O–H groups in total. The van der Waals surface area contributed by atoms with Crippen molar-refractivity contribution in [2.75, 3.05) is 6.61 Å². The molecule has 1 fully saturated rings. The van der Waals surface area contributed by atoms with Crippen LogP contribution in [0.4, 0.5) is 0 Å². The number of ether oxygens (including phenoxy) is 1. The maximum absolute atomic E-state index is 10.2. The predicted octanol–water partition coefficient (Wildman–Crippen LogP) is 2.53. The topological polar surface area (TPSA) is 47.3 Å². The van der Waals surface area contributed by atoms with Crippen molar-refractivity contribution < 1.29 is 9.84 Å². The summed E-state index contributed by atoms with van der Waals surface area (Å²) in [6.45, 7) is 5.89. The zero-order chi connectivity index (χ0) is 13.0. The average Bonchev–Trinajstić information content (AvgIpc) is 2.75. The van der Waals surface area contributed by atoms with Gasteiger partial charge in [-0.3, -0.25) is 0 Å². The van der Waals surface area contributed by atoms with E-state index in [9.17, 15) is 5.11 Å². The summed E-state index contributed by atoms with van der Waals surface area (Å²) in [5.41, 5.74) is 0. The van der Waals surface area contributed by atoms with Gasteiger partial charge in [0.25, 0.3) is 0 Å². The number of imidazole rings is 1. The van der Waals surface area contributed by atoms with Gasteiger partial charge in [0.1, 0.15) is 11.9 Å². The molecule has 1 atom stereocenters. The highest BCUT2D eigenvalue weighted by Gasteiger charge is 2.32. The second kappa shape index (κ2) is 6.34. The molecule has 1 aromatic heterocycles. The first-order valence-electron chi connectivity index (χ1n) is 7.05. The first kappa shape index (κ1) is 13.6. The van der Waals surface area contributed by atoms with Gasteiger partial charge in [0.15, 0.2) is 0 Å². The lowest BCUT2D eigenvalue weighted by Gasteiger charge is -2.35. The smallest absolute Gasteiger partial charge is 0.137 e. The van der Waals surface area contributed by atoms with Gasteiger partial charge in [0.2, 0.25) is 0 Å². The van der Waals surface area contributed by atoms with Crippen LogP contribution in [-0.2, 0) is 11.3 Å². The molecule has 18 heavy (non-hydrogen) atoms. The summed E-state index contributed by atoms with van der Waals surface area (Å²) >= 11 is 0. The number of hydrogen-bond donors (Lipinski definition) is 1. The number of rotatable bonds is 7. The van der Waals surface area contributed by atoms with Crippen molar-refractivity contribution in [3.63, 3.8) is 0 Å². The van der Waals surface area contributed by atoms with Crippen molar-refractivity contribution >= 4 is 0 Å². The van der Waals surface area contributed by atoms with Crippen LogP contribution < -0.4 is 0 Å². The standard InChI is InChI=1S/C14H24N2O2/c1-3-6-16-7-5-15-14(16)13(17)10-11-8-12(9-11)18-4-2/h5,7,11-13,17H,3-4,6,8-10H2,1-2H3. The Bertz CT molecular complexity index is 358. The Labute approximate surface area is 109 Å². The lowest BCUT2D eigenvalue weighted by molar-refractivity contribution is -0.0390. The lowest BCUT2D eigenvalue weighted by atomic mass is 9.78. The van der Waals surface area contributed by atoms with Crippen LogP contribution in [0.2, 0.25) is 0 Å². The molecule has 0 aromatic carbocycles. The SMILES string of the molecule is CCCn1ccnc1C(O)CC1CC(OCC)C1. The third-order valence-corrected chi connectivity index (χ3v) is 3.66. The van der Waals surface area contributed by atoms with Crippen LogP contribution >= 0.6 is 0 Å². The van der Waals surface area contributed by atoms with Gasteiger partial charge in [0.05, 0.1) is 6.10 Å². The zero-order valence-corrected chi connectivity index (χ0v) is 11.4. The lowest BCUT2D eigenvalue weighted by Crippen LogP contribution is -2.32. The average molecular weight is 252 g/mol. The van der Waals surface area contributed by atoms with E-state index in [1.54, 1.807) is 6.20 Å². The maximum Gasteiger partial charge on any atom is 0.137 e. The summed E-state index contributed by atoms with van der Waals surface area (Å²) in [7, 11) is 0. The zero-order valence-electron chi connectivity index (χ0n) is 11.4. The van der Waals surface area contributed by atoms with E-state index in [0.29, 0.717) is 12.0 Å². The molecular weight excluding hydrogens is 228 g/mol. The highest BCUT2D eigenvalue weighted by molar-refractivity contribution is 4.98. The van der Waals surface area contributed by atoms with E-state index in [-0.39, 0.29) is 0 Å². The number of aromatic nitrogens is 2. The summed E-state index contributed by atoms with van der Waals surface area (Å²) in [5, 5.41) is 10.2. The Balaban J connectivity index is 1.81. The summed E-state index contributed by atoms with van der Waals surface area (Å²) in [6, 6.07) is 0. The summed E-state index contributed by atoms with van der Waals surface area (Å²) in [6.07, 6.45) is 7.75. The summed E-state index contributed by atoms with van der Waals surface area (Å²) in [5.74, 6) is 1.40. The Morgan fingerprint density at radius 1 is 1.50 bits per heavy atom. The van der Waals surface area contributed by atoms with Crippen LogP contribution in [0.5, 0.6) is 0 Å². The molecular formula is C14H24N2O2. The van der Waals surface area contributed by atoms with E-state index in [0.717, 1.165) is 44.7 Å². The van der Waals surface area contributed by atoms with Gasteiger partial charge in [0, 0.05) is 25.5 Å². The van der Waals surface area contributed by atoms with Crippen LogP contribution in [0.25, 0.3) is 0 Å². The minimum Gasteiger partial charge on any atom is -0.385 e. The third-order valence-electron chi connectivity index (χ3n) is 3.66. The van der Waals surface area contributed by atoms with E-state index in [1.165, 1.54) is 0 Å². The molecule has 2 rings (SSSR count). The van der Waals surface area contributed by atoms with Gasteiger partial charge in [-0.1, -0.05) is 6.92 Å². The van der Waals surface area contributed by atoms with Gasteiger partial charge in [-0.05, 0) is 38.5 Å². The van der Waals surface area contributed by atoms with Gasteiger partial charge in [-0.15, -0.1) is 0 Å². The van der Waals surface area contributed by atoms with E-state index in [1.807, 2.05) is 13.1 Å². The first-order valence-corrected chi connectivity index (χ1v) is 7.05. The van der Waals surface area contributed by atoms with E-state index >= 15 is 0 Å². The van der Waals surface area contributed by atoms with Crippen LogP contribution in [0.1, 0.15) is 51.5 Å². The first-order chi connectivity index (χ1) is 8.74. The van der Waals surface area contributed by atoms with Gasteiger partial charge < -0.3 is 14.4 Å².